The summed E-state index contributed by atoms with van der Waals surface area (Å²) in [7, 11) is 0. The van der Waals surface area contributed by atoms with Crippen molar-refractivity contribution in [3.8, 4) is 5.75 Å². The molecule has 1 aromatic rings. The first-order valence-electron chi connectivity index (χ1n) is 3.86. The van der Waals surface area contributed by atoms with Gasteiger partial charge in [0.05, 0.1) is 17.0 Å². The Morgan fingerprint density at radius 3 is 2.77 bits per heavy atom. The maximum absolute atomic E-state index is 13.4. The molecule has 0 unspecified atom stereocenters. The molecule has 0 atom stereocenters. The van der Waals surface area contributed by atoms with E-state index in [0.717, 1.165) is 0 Å². The first-order chi connectivity index (χ1) is 6.20. The lowest BCUT2D eigenvalue weighted by atomic mass is 10.2. The summed E-state index contributed by atoms with van der Waals surface area (Å²) in [5, 5.41) is 0. The summed E-state index contributed by atoms with van der Waals surface area (Å²) in [6, 6.07) is 3.36. The van der Waals surface area contributed by atoms with Crippen LogP contribution in [0.5, 0.6) is 5.75 Å². The molecule has 0 fully saturated rings. The minimum absolute atomic E-state index is 0.242. The van der Waals surface area contributed by atoms with Gasteiger partial charge in [-0.25, -0.2) is 4.39 Å². The number of hydrogen-bond acceptors (Lipinski definition) is 1. The van der Waals surface area contributed by atoms with Gasteiger partial charge in [-0.15, -0.1) is 11.6 Å². The molecular weight excluding hydrogens is 258 g/mol. The molecule has 0 radical (unpaired) electrons. The summed E-state index contributed by atoms with van der Waals surface area (Å²) in [5.74, 6) is 0.103. The topological polar surface area (TPSA) is 9.23 Å². The molecule has 1 rings (SSSR count). The molecule has 4 heteroatoms. The summed E-state index contributed by atoms with van der Waals surface area (Å²) < 4.78 is 18.9. The van der Waals surface area contributed by atoms with Crippen molar-refractivity contribution in [3.05, 3.63) is 28.0 Å². The molecule has 0 N–H and O–H groups in total. The standard InChI is InChI=1S/C9H9BrClFO/c1-2-13-9-6(5-11)3-4-7(10)8(9)12/h3-4H,2,5H2,1H3. The fourth-order valence-corrected chi connectivity index (χ4v) is 1.50. The Kier molecular flexibility index (Phi) is 4.00. The zero-order valence-corrected chi connectivity index (χ0v) is 9.45. The largest absolute Gasteiger partial charge is 0.490 e. The summed E-state index contributed by atoms with van der Waals surface area (Å²) in [6.07, 6.45) is 0. The Balaban J connectivity index is 3.15. The molecule has 1 aromatic carbocycles. The van der Waals surface area contributed by atoms with Gasteiger partial charge in [0.15, 0.2) is 11.6 Å². The maximum Gasteiger partial charge on any atom is 0.179 e. The van der Waals surface area contributed by atoms with Crippen LogP contribution < -0.4 is 4.74 Å². The van der Waals surface area contributed by atoms with Gasteiger partial charge in [-0.1, -0.05) is 6.07 Å². The Hall–Kier alpha value is -0.280. The van der Waals surface area contributed by atoms with Crippen molar-refractivity contribution < 1.29 is 9.13 Å². The van der Waals surface area contributed by atoms with Crippen molar-refractivity contribution >= 4 is 27.5 Å². The maximum atomic E-state index is 13.4. The second-order valence-corrected chi connectivity index (χ2v) is 3.54. The average molecular weight is 268 g/mol. The Morgan fingerprint density at radius 2 is 2.23 bits per heavy atom. The van der Waals surface area contributed by atoms with E-state index in [1.807, 2.05) is 0 Å². The van der Waals surface area contributed by atoms with E-state index in [0.29, 0.717) is 16.6 Å². The highest BCUT2D eigenvalue weighted by atomic mass is 79.9. The minimum Gasteiger partial charge on any atom is -0.490 e. The molecular formula is C9H9BrClFO. The third kappa shape index (κ3) is 2.35. The van der Waals surface area contributed by atoms with Gasteiger partial charge < -0.3 is 4.74 Å². The molecule has 1 nitrogen and oxygen atoms in total. The van der Waals surface area contributed by atoms with Crippen LogP contribution >= 0.6 is 27.5 Å². The lowest BCUT2D eigenvalue weighted by Crippen LogP contribution is -1.99. The van der Waals surface area contributed by atoms with Gasteiger partial charge in [0.1, 0.15) is 0 Å². The zero-order valence-electron chi connectivity index (χ0n) is 7.11. The molecule has 0 aliphatic carbocycles. The second-order valence-electron chi connectivity index (χ2n) is 2.42. The predicted molar refractivity (Wildman–Crippen MR) is 54.8 cm³/mol. The summed E-state index contributed by atoms with van der Waals surface area (Å²) in [5.41, 5.74) is 0.671. The smallest absolute Gasteiger partial charge is 0.179 e. The van der Waals surface area contributed by atoms with Crippen LogP contribution in [-0.2, 0) is 5.88 Å². The van der Waals surface area contributed by atoms with Gasteiger partial charge in [-0.3, -0.25) is 0 Å². The van der Waals surface area contributed by atoms with E-state index in [1.54, 1.807) is 19.1 Å². The van der Waals surface area contributed by atoms with Crippen molar-refractivity contribution in [1.82, 2.24) is 0 Å². The highest BCUT2D eigenvalue weighted by molar-refractivity contribution is 9.10. The van der Waals surface area contributed by atoms with Crippen LogP contribution in [0.2, 0.25) is 0 Å². The SMILES string of the molecule is CCOc1c(CCl)ccc(Br)c1F. The van der Waals surface area contributed by atoms with Gasteiger partial charge in [-0.2, -0.15) is 0 Å². The van der Waals surface area contributed by atoms with Crippen LogP contribution in [0.1, 0.15) is 12.5 Å². The Bertz CT molecular complexity index is 304. The van der Waals surface area contributed by atoms with Crippen LogP contribution in [0.25, 0.3) is 0 Å². The molecule has 13 heavy (non-hydrogen) atoms. The van der Waals surface area contributed by atoms with Gasteiger partial charge in [0, 0.05) is 5.56 Å². The summed E-state index contributed by atoms with van der Waals surface area (Å²) >= 11 is 8.71. The van der Waals surface area contributed by atoms with Crippen LogP contribution in [0.15, 0.2) is 16.6 Å². The van der Waals surface area contributed by atoms with Crippen molar-refractivity contribution in [2.24, 2.45) is 0 Å². The molecule has 0 aromatic heterocycles. The Morgan fingerprint density at radius 1 is 1.54 bits per heavy atom. The Labute approximate surface area is 90.0 Å². The van der Waals surface area contributed by atoms with Crippen molar-refractivity contribution in [2.75, 3.05) is 6.61 Å². The number of alkyl halides is 1. The molecule has 0 spiro atoms. The number of halogens is 3. The van der Waals surface area contributed by atoms with Gasteiger partial charge >= 0.3 is 0 Å². The van der Waals surface area contributed by atoms with Crippen molar-refractivity contribution in [3.63, 3.8) is 0 Å². The van der Waals surface area contributed by atoms with E-state index >= 15 is 0 Å². The first-order valence-corrected chi connectivity index (χ1v) is 5.19. The minimum atomic E-state index is -0.389. The van der Waals surface area contributed by atoms with Crippen LogP contribution in [-0.4, -0.2) is 6.61 Å². The monoisotopic (exact) mass is 266 g/mol. The van der Waals surface area contributed by atoms with Crippen LogP contribution in [0.3, 0.4) is 0 Å². The second kappa shape index (κ2) is 4.82. The normalized spacial score (nSPS) is 10.2. The van der Waals surface area contributed by atoms with Crippen molar-refractivity contribution in [1.29, 1.82) is 0 Å². The fraction of sp³-hybridized carbons (Fsp3) is 0.333. The quantitative estimate of drug-likeness (QED) is 0.758. The molecule has 0 amide bonds. The molecule has 0 aliphatic rings. The first kappa shape index (κ1) is 10.8. The highest BCUT2D eigenvalue weighted by Crippen LogP contribution is 2.30. The highest BCUT2D eigenvalue weighted by Gasteiger charge is 2.11. The van der Waals surface area contributed by atoms with E-state index in [-0.39, 0.29) is 17.4 Å². The van der Waals surface area contributed by atoms with E-state index in [9.17, 15) is 4.39 Å². The molecule has 0 heterocycles. The van der Waals surface area contributed by atoms with E-state index in [4.69, 9.17) is 16.3 Å². The van der Waals surface area contributed by atoms with Crippen LogP contribution in [0.4, 0.5) is 4.39 Å². The molecule has 0 saturated heterocycles. The fourth-order valence-electron chi connectivity index (χ4n) is 0.978. The number of benzene rings is 1. The number of ether oxygens (including phenoxy) is 1. The average Bonchev–Trinajstić information content (AvgIpc) is 2.14. The van der Waals surface area contributed by atoms with E-state index in [1.165, 1.54) is 0 Å². The van der Waals surface area contributed by atoms with E-state index in [2.05, 4.69) is 15.9 Å². The molecule has 0 saturated carbocycles. The lowest BCUT2D eigenvalue weighted by molar-refractivity contribution is 0.318. The third-order valence-corrected chi connectivity index (χ3v) is 2.46. The van der Waals surface area contributed by atoms with Crippen LogP contribution in [0, 0.1) is 5.82 Å². The lowest BCUT2D eigenvalue weighted by Gasteiger charge is -2.09. The zero-order chi connectivity index (χ0) is 9.84. The van der Waals surface area contributed by atoms with Gasteiger partial charge in [-0.05, 0) is 28.9 Å². The van der Waals surface area contributed by atoms with Crippen molar-refractivity contribution in [2.45, 2.75) is 12.8 Å². The third-order valence-electron chi connectivity index (χ3n) is 1.56. The number of rotatable bonds is 3. The van der Waals surface area contributed by atoms with E-state index < -0.39 is 0 Å². The van der Waals surface area contributed by atoms with Gasteiger partial charge in [0.25, 0.3) is 0 Å². The van der Waals surface area contributed by atoms with Gasteiger partial charge in [0.2, 0.25) is 0 Å². The summed E-state index contributed by atoms with van der Waals surface area (Å²) in [4.78, 5) is 0. The molecule has 72 valence electrons. The molecule has 0 aliphatic heterocycles. The molecule has 0 bridgehead atoms. The number of hydrogen-bond donors (Lipinski definition) is 0. The predicted octanol–water partition coefficient (Wildman–Crippen LogP) is 3.73. The summed E-state index contributed by atoms with van der Waals surface area (Å²) in [6.45, 7) is 2.23.